The Morgan fingerprint density at radius 3 is 2.62 bits per heavy atom. The van der Waals surface area contributed by atoms with Gasteiger partial charge in [0.2, 0.25) is 5.13 Å². The normalized spacial score (nSPS) is 10.4. The Labute approximate surface area is 145 Å². The van der Waals surface area contributed by atoms with Gasteiger partial charge in [0.1, 0.15) is 17.0 Å². The number of nitro groups is 1. The van der Waals surface area contributed by atoms with Gasteiger partial charge in [-0.3, -0.25) is 10.1 Å². The van der Waals surface area contributed by atoms with Crippen LogP contribution in [0.4, 0.5) is 16.5 Å². The minimum absolute atomic E-state index is 0.0431. The molecule has 0 saturated heterocycles. The van der Waals surface area contributed by atoms with Crippen LogP contribution in [0.2, 0.25) is 0 Å². The minimum Gasteiger partial charge on any atom is -0.497 e. The van der Waals surface area contributed by atoms with Gasteiger partial charge in [-0.05, 0) is 42.1 Å². The van der Waals surface area contributed by atoms with E-state index in [1.807, 2.05) is 24.3 Å². The van der Waals surface area contributed by atoms with Crippen LogP contribution in [-0.4, -0.2) is 27.2 Å². The summed E-state index contributed by atoms with van der Waals surface area (Å²) in [5.41, 5.74) is 0.829. The molecule has 0 saturated carbocycles. The molecule has 0 unspecified atom stereocenters. The van der Waals surface area contributed by atoms with Crippen molar-refractivity contribution in [3.8, 4) is 5.75 Å². The summed E-state index contributed by atoms with van der Waals surface area (Å²) in [4.78, 5) is 14.2. The maximum atomic E-state index is 10.6. The van der Waals surface area contributed by atoms with Crippen molar-refractivity contribution in [3.63, 3.8) is 0 Å². The van der Waals surface area contributed by atoms with Crippen molar-refractivity contribution in [2.45, 2.75) is 9.37 Å². The van der Waals surface area contributed by atoms with Crippen LogP contribution < -0.4 is 10.1 Å². The van der Waals surface area contributed by atoms with Crippen LogP contribution in [-0.2, 0) is 0 Å². The summed E-state index contributed by atoms with van der Waals surface area (Å²) in [6.07, 6.45) is 1.22. The Kier molecular flexibility index (Phi) is 4.87. The Bertz CT molecular complexity index is 836. The van der Waals surface area contributed by atoms with E-state index in [2.05, 4.69) is 20.5 Å². The number of methoxy groups -OCH3 is 1. The van der Waals surface area contributed by atoms with Crippen molar-refractivity contribution in [3.05, 3.63) is 52.7 Å². The number of rotatable bonds is 6. The lowest BCUT2D eigenvalue weighted by atomic mass is 10.3. The number of hydrogen-bond donors (Lipinski definition) is 1. The third-order valence-corrected chi connectivity index (χ3v) is 4.71. The molecule has 1 N–H and O–H groups in total. The van der Waals surface area contributed by atoms with Crippen LogP contribution in [0.15, 0.2) is 52.0 Å². The molecule has 0 aliphatic carbocycles. The molecule has 3 aromatic rings. The highest BCUT2D eigenvalue weighted by molar-refractivity contribution is 8.01. The highest BCUT2D eigenvalue weighted by atomic mass is 32.2. The number of nitrogens with one attached hydrogen (secondary N) is 1. The van der Waals surface area contributed by atoms with Crippen molar-refractivity contribution in [1.29, 1.82) is 0 Å². The fourth-order valence-corrected chi connectivity index (χ4v) is 3.39. The topological polar surface area (TPSA) is 103 Å². The van der Waals surface area contributed by atoms with Gasteiger partial charge in [-0.25, -0.2) is 4.98 Å². The first-order chi connectivity index (χ1) is 11.6. The summed E-state index contributed by atoms with van der Waals surface area (Å²) in [6.45, 7) is 0. The molecule has 0 amide bonds. The van der Waals surface area contributed by atoms with E-state index in [9.17, 15) is 10.1 Å². The molecule has 0 atom stereocenters. The predicted octanol–water partition coefficient (Wildman–Crippen LogP) is 3.74. The Morgan fingerprint density at radius 1 is 1.21 bits per heavy atom. The van der Waals surface area contributed by atoms with E-state index in [-0.39, 0.29) is 5.69 Å². The van der Waals surface area contributed by atoms with Gasteiger partial charge >= 0.3 is 0 Å². The van der Waals surface area contributed by atoms with Gasteiger partial charge in [0, 0.05) is 11.8 Å². The lowest BCUT2D eigenvalue weighted by Crippen LogP contribution is -1.89. The zero-order valence-electron chi connectivity index (χ0n) is 12.4. The van der Waals surface area contributed by atoms with E-state index in [0.717, 1.165) is 11.4 Å². The van der Waals surface area contributed by atoms with E-state index in [1.54, 1.807) is 13.2 Å². The second-order valence-corrected chi connectivity index (χ2v) is 6.69. The van der Waals surface area contributed by atoms with Gasteiger partial charge < -0.3 is 10.1 Å². The zero-order chi connectivity index (χ0) is 16.9. The molecule has 3 rings (SSSR count). The number of hydrogen-bond acceptors (Lipinski definition) is 9. The molecule has 24 heavy (non-hydrogen) atoms. The molecule has 2 aromatic heterocycles. The SMILES string of the molecule is COc1ccc(Nc2nnc(Sc3ccc([N+](=O)[O-])cn3)s2)cc1. The molecular formula is C14H11N5O3S2. The van der Waals surface area contributed by atoms with Crippen LogP contribution >= 0.6 is 23.1 Å². The highest BCUT2D eigenvalue weighted by Gasteiger charge is 2.10. The van der Waals surface area contributed by atoms with Gasteiger partial charge in [-0.1, -0.05) is 11.3 Å². The second kappa shape index (κ2) is 7.23. The first-order valence-corrected chi connectivity index (χ1v) is 8.30. The standard InChI is InChI=1S/C14H11N5O3S2/c1-22-11-5-2-9(3-6-11)16-13-17-18-14(24-13)23-12-7-4-10(8-15-12)19(20)21/h2-8H,1H3,(H,16,17). The Hall–Kier alpha value is -2.72. The molecule has 8 nitrogen and oxygen atoms in total. The quantitative estimate of drug-likeness (QED) is 0.523. The molecule has 1 aromatic carbocycles. The van der Waals surface area contributed by atoms with E-state index < -0.39 is 4.92 Å². The number of nitrogens with zero attached hydrogens (tertiary/aromatic N) is 4. The number of benzene rings is 1. The monoisotopic (exact) mass is 361 g/mol. The lowest BCUT2D eigenvalue weighted by molar-refractivity contribution is -0.385. The molecule has 0 fully saturated rings. The molecule has 0 aliphatic heterocycles. The summed E-state index contributed by atoms with van der Waals surface area (Å²) in [5.74, 6) is 0.776. The highest BCUT2D eigenvalue weighted by Crippen LogP contribution is 2.32. The van der Waals surface area contributed by atoms with Gasteiger partial charge in [0.25, 0.3) is 5.69 Å². The van der Waals surface area contributed by atoms with Crippen LogP contribution in [0.1, 0.15) is 0 Å². The number of pyridine rings is 1. The number of ether oxygens (including phenoxy) is 1. The third-order valence-electron chi connectivity index (χ3n) is 2.87. The third kappa shape index (κ3) is 3.97. The summed E-state index contributed by atoms with van der Waals surface area (Å²) < 4.78 is 5.79. The molecule has 0 radical (unpaired) electrons. The molecule has 0 spiro atoms. The Balaban J connectivity index is 1.65. The van der Waals surface area contributed by atoms with Crippen molar-refractivity contribution >= 4 is 39.6 Å². The number of aromatic nitrogens is 3. The molecular weight excluding hydrogens is 350 g/mol. The Morgan fingerprint density at radius 2 is 2.00 bits per heavy atom. The predicted molar refractivity (Wildman–Crippen MR) is 91.2 cm³/mol. The largest absolute Gasteiger partial charge is 0.497 e. The maximum Gasteiger partial charge on any atom is 0.287 e. The van der Waals surface area contributed by atoms with Gasteiger partial charge in [-0.2, -0.15) is 0 Å². The van der Waals surface area contributed by atoms with Crippen LogP contribution in [0, 0.1) is 10.1 Å². The average molecular weight is 361 g/mol. The van der Waals surface area contributed by atoms with Gasteiger partial charge in [-0.15, -0.1) is 10.2 Å². The smallest absolute Gasteiger partial charge is 0.287 e. The van der Waals surface area contributed by atoms with Crippen molar-refractivity contribution in [1.82, 2.24) is 15.2 Å². The van der Waals surface area contributed by atoms with E-state index in [1.165, 1.54) is 35.4 Å². The van der Waals surface area contributed by atoms with Crippen LogP contribution in [0.3, 0.4) is 0 Å². The summed E-state index contributed by atoms with van der Waals surface area (Å²) in [6, 6.07) is 10.4. The average Bonchev–Trinajstić information content (AvgIpc) is 3.03. The van der Waals surface area contributed by atoms with E-state index in [4.69, 9.17) is 4.74 Å². The molecule has 2 heterocycles. The van der Waals surface area contributed by atoms with Crippen molar-refractivity contribution in [2.75, 3.05) is 12.4 Å². The number of anilines is 2. The van der Waals surface area contributed by atoms with Crippen molar-refractivity contribution in [2.24, 2.45) is 0 Å². The summed E-state index contributed by atoms with van der Waals surface area (Å²) in [5, 5.41) is 23.2. The lowest BCUT2D eigenvalue weighted by Gasteiger charge is -2.03. The minimum atomic E-state index is -0.483. The fraction of sp³-hybridized carbons (Fsp3) is 0.0714. The molecule has 0 aliphatic rings. The van der Waals surface area contributed by atoms with Crippen molar-refractivity contribution < 1.29 is 9.66 Å². The fourth-order valence-electron chi connectivity index (χ4n) is 1.73. The zero-order valence-corrected chi connectivity index (χ0v) is 14.0. The van der Waals surface area contributed by atoms with Gasteiger partial charge in [0.05, 0.1) is 12.0 Å². The van der Waals surface area contributed by atoms with Gasteiger partial charge in [0.15, 0.2) is 4.34 Å². The molecule has 10 heteroatoms. The van der Waals surface area contributed by atoms with Crippen LogP contribution in [0.5, 0.6) is 5.75 Å². The first-order valence-electron chi connectivity index (χ1n) is 6.67. The molecule has 122 valence electrons. The summed E-state index contributed by atoms with van der Waals surface area (Å²) >= 11 is 2.66. The van der Waals surface area contributed by atoms with E-state index in [0.29, 0.717) is 14.5 Å². The van der Waals surface area contributed by atoms with E-state index >= 15 is 0 Å². The first kappa shape index (κ1) is 16.1. The summed E-state index contributed by atoms with van der Waals surface area (Å²) in [7, 11) is 1.61. The van der Waals surface area contributed by atoms with Crippen LogP contribution in [0.25, 0.3) is 0 Å². The maximum absolute atomic E-state index is 10.6. The second-order valence-electron chi connectivity index (χ2n) is 4.44. The molecule has 0 bridgehead atoms.